The molecule has 2 aromatic heterocycles. The Morgan fingerprint density at radius 3 is 2.73 bits per heavy atom. The van der Waals surface area contributed by atoms with Crippen LogP contribution in [0.25, 0.3) is 0 Å². The molecule has 0 radical (unpaired) electrons. The summed E-state index contributed by atoms with van der Waals surface area (Å²) in [5.41, 5.74) is 2.60. The van der Waals surface area contributed by atoms with E-state index in [9.17, 15) is 4.79 Å². The van der Waals surface area contributed by atoms with E-state index < -0.39 is 0 Å². The molecule has 1 amide bonds. The highest BCUT2D eigenvalue weighted by atomic mass is 32.1. The molecule has 1 aromatic carbocycles. The zero-order chi connectivity index (χ0) is 20.8. The number of nitrogens with zero attached hydrogens (tertiary/aromatic N) is 3. The van der Waals surface area contributed by atoms with Crippen LogP contribution in [0.4, 0.5) is 11.5 Å². The van der Waals surface area contributed by atoms with Gasteiger partial charge in [0, 0.05) is 18.5 Å². The van der Waals surface area contributed by atoms with Crippen molar-refractivity contribution in [3.8, 4) is 5.75 Å². The van der Waals surface area contributed by atoms with Gasteiger partial charge in [0.2, 0.25) is 5.91 Å². The summed E-state index contributed by atoms with van der Waals surface area (Å²) in [6, 6.07) is 11.7. The molecule has 7 nitrogen and oxygen atoms in total. The second-order valence-electron chi connectivity index (χ2n) is 7.06. The third-order valence-corrected chi connectivity index (χ3v) is 5.56. The lowest BCUT2D eigenvalue weighted by molar-refractivity contribution is -0.115. The van der Waals surface area contributed by atoms with E-state index in [1.54, 1.807) is 6.20 Å². The first-order valence-corrected chi connectivity index (χ1v) is 10.7. The number of carbonyl (C=O) groups excluding carboxylic acids is 1. The van der Waals surface area contributed by atoms with Crippen molar-refractivity contribution in [1.29, 1.82) is 0 Å². The Bertz CT molecular complexity index is 967. The number of thiazole rings is 1. The SMILES string of the molecule is Cc1ccc(OCc2nc(CC(=O)Nc3ccc(N4CCOCC4)nc3)cs2)cc1. The first-order valence-electron chi connectivity index (χ1n) is 9.87. The van der Waals surface area contributed by atoms with Crippen LogP contribution in [-0.4, -0.2) is 42.2 Å². The highest BCUT2D eigenvalue weighted by Crippen LogP contribution is 2.18. The van der Waals surface area contributed by atoms with E-state index in [1.165, 1.54) is 16.9 Å². The number of aromatic nitrogens is 2. The van der Waals surface area contributed by atoms with Crippen LogP contribution in [0.15, 0.2) is 48.0 Å². The Labute approximate surface area is 179 Å². The molecule has 0 aliphatic carbocycles. The van der Waals surface area contributed by atoms with Crippen LogP contribution in [0.1, 0.15) is 16.3 Å². The van der Waals surface area contributed by atoms with E-state index in [0.29, 0.717) is 25.5 Å². The Morgan fingerprint density at radius 2 is 2.00 bits per heavy atom. The monoisotopic (exact) mass is 424 g/mol. The lowest BCUT2D eigenvalue weighted by Crippen LogP contribution is -2.36. The molecule has 0 unspecified atom stereocenters. The second kappa shape index (κ2) is 9.69. The van der Waals surface area contributed by atoms with Crippen LogP contribution in [-0.2, 0) is 22.6 Å². The number of aryl methyl sites for hydroxylation is 1. The van der Waals surface area contributed by atoms with Gasteiger partial charge in [0.25, 0.3) is 0 Å². The number of hydrogen-bond acceptors (Lipinski definition) is 7. The van der Waals surface area contributed by atoms with Crippen LogP contribution >= 0.6 is 11.3 Å². The van der Waals surface area contributed by atoms with Crippen LogP contribution < -0.4 is 15.0 Å². The van der Waals surface area contributed by atoms with Gasteiger partial charge in [0.05, 0.1) is 37.2 Å². The predicted octanol–water partition coefficient (Wildman–Crippen LogP) is 3.44. The quantitative estimate of drug-likeness (QED) is 0.626. The van der Waals surface area contributed by atoms with E-state index in [0.717, 1.165) is 35.4 Å². The van der Waals surface area contributed by atoms with E-state index >= 15 is 0 Å². The number of anilines is 2. The minimum Gasteiger partial charge on any atom is -0.486 e. The van der Waals surface area contributed by atoms with Crippen molar-refractivity contribution in [1.82, 2.24) is 9.97 Å². The van der Waals surface area contributed by atoms with Gasteiger partial charge in [-0.25, -0.2) is 9.97 Å². The molecule has 30 heavy (non-hydrogen) atoms. The molecular formula is C22H24N4O3S. The van der Waals surface area contributed by atoms with Gasteiger partial charge in [-0.1, -0.05) is 17.7 Å². The first kappa shape index (κ1) is 20.3. The van der Waals surface area contributed by atoms with E-state index in [-0.39, 0.29) is 12.3 Å². The number of carbonyl (C=O) groups is 1. The molecule has 4 rings (SSSR count). The lowest BCUT2D eigenvalue weighted by Gasteiger charge is -2.27. The van der Waals surface area contributed by atoms with Crippen molar-refractivity contribution < 1.29 is 14.3 Å². The average molecular weight is 425 g/mol. The molecule has 1 saturated heterocycles. The van der Waals surface area contributed by atoms with Crippen molar-refractivity contribution in [3.63, 3.8) is 0 Å². The van der Waals surface area contributed by atoms with Gasteiger partial charge in [-0.2, -0.15) is 0 Å². The largest absolute Gasteiger partial charge is 0.486 e. The van der Waals surface area contributed by atoms with Crippen molar-refractivity contribution in [2.24, 2.45) is 0 Å². The van der Waals surface area contributed by atoms with E-state index in [4.69, 9.17) is 9.47 Å². The molecule has 1 aliphatic rings. The molecular weight excluding hydrogens is 400 g/mol. The van der Waals surface area contributed by atoms with Gasteiger partial charge in [0.1, 0.15) is 23.2 Å². The summed E-state index contributed by atoms with van der Waals surface area (Å²) in [6.45, 7) is 5.52. The molecule has 8 heteroatoms. The summed E-state index contributed by atoms with van der Waals surface area (Å²) in [6.07, 6.45) is 1.90. The number of nitrogens with one attached hydrogen (secondary N) is 1. The van der Waals surface area contributed by atoms with Gasteiger partial charge in [-0.3, -0.25) is 4.79 Å². The number of ether oxygens (including phenoxy) is 2. The Kier molecular flexibility index (Phi) is 6.56. The van der Waals surface area contributed by atoms with Gasteiger partial charge in [-0.05, 0) is 31.2 Å². The van der Waals surface area contributed by atoms with Gasteiger partial charge in [0.15, 0.2) is 0 Å². The number of rotatable bonds is 7. The number of morpholine rings is 1. The third kappa shape index (κ3) is 5.55. The fraction of sp³-hybridized carbons (Fsp3) is 0.318. The maximum atomic E-state index is 12.4. The number of benzene rings is 1. The number of hydrogen-bond donors (Lipinski definition) is 1. The predicted molar refractivity (Wildman–Crippen MR) is 117 cm³/mol. The second-order valence-corrected chi connectivity index (χ2v) is 8.01. The highest BCUT2D eigenvalue weighted by Gasteiger charge is 2.13. The minimum absolute atomic E-state index is 0.118. The summed E-state index contributed by atoms with van der Waals surface area (Å²) in [4.78, 5) is 23.5. The van der Waals surface area contributed by atoms with Gasteiger partial charge in [-0.15, -0.1) is 11.3 Å². The Morgan fingerprint density at radius 1 is 1.20 bits per heavy atom. The molecule has 1 N–H and O–H groups in total. The topological polar surface area (TPSA) is 76.6 Å². The average Bonchev–Trinajstić information content (AvgIpc) is 3.21. The smallest absolute Gasteiger partial charge is 0.230 e. The maximum Gasteiger partial charge on any atom is 0.230 e. The summed E-state index contributed by atoms with van der Waals surface area (Å²) >= 11 is 1.49. The summed E-state index contributed by atoms with van der Waals surface area (Å²) in [5.74, 6) is 1.59. The normalized spacial score (nSPS) is 13.8. The molecule has 0 spiro atoms. The summed E-state index contributed by atoms with van der Waals surface area (Å²) in [7, 11) is 0. The summed E-state index contributed by atoms with van der Waals surface area (Å²) < 4.78 is 11.1. The van der Waals surface area contributed by atoms with Crippen LogP contribution in [0, 0.1) is 6.92 Å². The maximum absolute atomic E-state index is 12.4. The molecule has 0 bridgehead atoms. The van der Waals surface area contributed by atoms with E-state index in [2.05, 4.69) is 20.2 Å². The minimum atomic E-state index is -0.118. The molecule has 0 atom stereocenters. The molecule has 156 valence electrons. The Balaban J connectivity index is 1.26. The van der Waals surface area contributed by atoms with Crippen LogP contribution in [0.2, 0.25) is 0 Å². The Hall–Kier alpha value is -2.97. The summed E-state index contributed by atoms with van der Waals surface area (Å²) in [5, 5.41) is 5.62. The molecule has 1 aliphatic heterocycles. The first-order chi connectivity index (χ1) is 14.7. The molecule has 1 fully saturated rings. The lowest BCUT2D eigenvalue weighted by atomic mass is 10.2. The van der Waals surface area contributed by atoms with Crippen molar-refractivity contribution in [3.05, 3.63) is 64.2 Å². The molecule has 3 heterocycles. The van der Waals surface area contributed by atoms with Crippen LogP contribution in [0.5, 0.6) is 5.75 Å². The fourth-order valence-electron chi connectivity index (χ4n) is 3.09. The van der Waals surface area contributed by atoms with Crippen molar-refractivity contribution >= 4 is 28.7 Å². The van der Waals surface area contributed by atoms with Gasteiger partial charge >= 0.3 is 0 Å². The molecule has 0 saturated carbocycles. The number of pyridine rings is 1. The zero-order valence-electron chi connectivity index (χ0n) is 16.8. The van der Waals surface area contributed by atoms with Crippen molar-refractivity contribution in [2.75, 3.05) is 36.5 Å². The number of amides is 1. The van der Waals surface area contributed by atoms with Crippen molar-refractivity contribution in [2.45, 2.75) is 20.0 Å². The highest BCUT2D eigenvalue weighted by molar-refractivity contribution is 7.09. The van der Waals surface area contributed by atoms with Crippen LogP contribution in [0.3, 0.4) is 0 Å². The fourth-order valence-corrected chi connectivity index (χ4v) is 3.79. The van der Waals surface area contributed by atoms with Gasteiger partial charge < -0.3 is 19.7 Å². The van der Waals surface area contributed by atoms with E-state index in [1.807, 2.05) is 48.7 Å². The zero-order valence-corrected chi connectivity index (χ0v) is 17.7. The standard InChI is InChI=1S/C22H24N4O3S/c1-16-2-5-19(6-3-16)29-14-22-25-18(15-30-22)12-21(27)24-17-4-7-20(23-13-17)26-8-10-28-11-9-26/h2-7,13,15H,8-12,14H2,1H3,(H,24,27). The third-order valence-electron chi connectivity index (χ3n) is 4.69. The molecule has 3 aromatic rings.